The summed E-state index contributed by atoms with van der Waals surface area (Å²) in [5.41, 5.74) is 1.37. The zero-order valence-electron chi connectivity index (χ0n) is 7.09. The molecule has 2 N–H and O–H groups in total. The van der Waals surface area contributed by atoms with Gasteiger partial charge in [0.05, 0.1) is 0 Å². The molecule has 2 heteroatoms. The van der Waals surface area contributed by atoms with E-state index in [0.717, 1.165) is 19.6 Å². The Kier molecular flexibility index (Phi) is 2.39. The van der Waals surface area contributed by atoms with Crippen LogP contribution in [0.2, 0.25) is 0 Å². The van der Waals surface area contributed by atoms with E-state index in [2.05, 4.69) is 41.0 Å². The van der Waals surface area contributed by atoms with E-state index in [9.17, 15) is 0 Å². The van der Waals surface area contributed by atoms with Crippen molar-refractivity contribution in [3.8, 4) is 0 Å². The molecule has 1 aliphatic rings. The largest absolute Gasteiger partial charge is 0.314 e. The SMILES string of the molecule is c1ccc(CNC2CNC2)cc1. The quantitative estimate of drug-likeness (QED) is 0.685. The van der Waals surface area contributed by atoms with E-state index in [-0.39, 0.29) is 0 Å². The third-order valence-corrected chi connectivity index (χ3v) is 2.22. The van der Waals surface area contributed by atoms with Crippen molar-refractivity contribution in [3.05, 3.63) is 35.9 Å². The van der Waals surface area contributed by atoms with E-state index in [1.54, 1.807) is 0 Å². The third kappa shape index (κ3) is 1.84. The Bertz CT molecular complexity index is 229. The van der Waals surface area contributed by atoms with Crippen LogP contribution < -0.4 is 10.6 Å². The van der Waals surface area contributed by atoms with Gasteiger partial charge in [0.1, 0.15) is 0 Å². The van der Waals surface area contributed by atoms with E-state index in [4.69, 9.17) is 0 Å². The molecule has 12 heavy (non-hydrogen) atoms. The monoisotopic (exact) mass is 162 g/mol. The van der Waals surface area contributed by atoms with Crippen LogP contribution in [0.15, 0.2) is 30.3 Å². The Balaban J connectivity index is 1.79. The molecule has 0 radical (unpaired) electrons. The van der Waals surface area contributed by atoms with Crippen LogP contribution in [0.4, 0.5) is 0 Å². The van der Waals surface area contributed by atoms with Crippen LogP contribution >= 0.6 is 0 Å². The molecular weight excluding hydrogens is 148 g/mol. The summed E-state index contributed by atoms with van der Waals surface area (Å²) in [6, 6.07) is 11.2. The molecular formula is C10H14N2. The fourth-order valence-corrected chi connectivity index (χ4v) is 1.29. The molecule has 0 spiro atoms. The summed E-state index contributed by atoms with van der Waals surface area (Å²) in [5, 5.41) is 6.71. The summed E-state index contributed by atoms with van der Waals surface area (Å²) in [7, 11) is 0. The second-order valence-electron chi connectivity index (χ2n) is 3.22. The lowest BCUT2D eigenvalue weighted by Gasteiger charge is -2.28. The lowest BCUT2D eigenvalue weighted by molar-refractivity contribution is 0.365. The van der Waals surface area contributed by atoms with Gasteiger partial charge in [-0.2, -0.15) is 0 Å². The normalized spacial score (nSPS) is 17.3. The second kappa shape index (κ2) is 3.70. The highest BCUT2D eigenvalue weighted by Crippen LogP contribution is 1.99. The molecule has 0 atom stereocenters. The topological polar surface area (TPSA) is 24.1 Å². The molecule has 2 rings (SSSR count). The molecule has 0 saturated carbocycles. The zero-order chi connectivity index (χ0) is 8.23. The minimum absolute atomic E-state index is 0.685. The molecule has 2 nitrogen and oxygen atoms in total. The van der Waals surface area contributed by atoms with Gasteiger partial charge in [0.2, 0.25) is 0 Å². The maximum Gasteiger partial charge on any atom is 0.0320 e. The smallest absolute Gasteiger partial charge is 0.0320 e. The lowest BCUT2D eigenvalue weighted by atomic mass is 10.1. The fraction of sp³-hybridized carbons (Fsp3) is 0.400. The van der Waals surface area contributed by atoms with Crippen molar-refractivity contribution >= 4 is 0 Å². The average Bonchev–Trinajstić information content (AvgIpc) is 2.04. The molecule has 0 aliphatic carbocycles. The van der Waals surface area contributed by atoms with Gasteiger partial charge in [0.25, 0.3) is 0 Å². The summed E-state index contributed by atoms with van der Waals surface area (Å²) >= 11 is 0. The molecule has 0 bridgehead atoms. The Morgan fingerprint density at radius 1 is 1.25 bits per heavy atom. The minimum atomic E-state index is 0.685. The highest BCUT2D eigenvalue weighted by atomic mass is 15.1. The molecule has 0 amide bonds. The number of rotatable bonds is 3. The molecule has 1 saturated heterocycles. The van der Waals surface area contributed by atoms with Gasteiger partial charge in [-0.25, -0.2) is 0 Å². The van der Waals surface area contributed by atoms with Gasteiger partial charge in [-0.3, -0.25) is 0 Å². The first-order chi connectivity index (χ1) is 5.95. The Morgan fingerprint density at radius 2 is 2.00 bits per heavy atom. The molecule has 1 aliphatic heterocycles. The molecule has 0 unspecified atom stereocenters. The van der Waals surface area contributed by atoms with Gasteiger partial charge in [-0.15, -0.1) is 0 Å². The summed E-state index contributed by atoms with van der Waals surface area (Å²) in [6.45, 7) is 3.23. The highest BCUT2D eigenvalue weighted by Gasteiger charge is 2.14. The summed E-state index contributed by atoms with van der Waals surface area (Å²) < 4.78 is 0. The third-order valence-electron chi connectivity index (χ3n) is 2.22. The fourth-order valence-electron chi connectivity index (χ4n) is 1.29. The first kappa shape index (κ1) is 7.77. The van der Waals surface area contributed by atoms with Gasteiger partial charge < -0.3 is 10.6 Å². The zero-order valence-corrected chi connectivity index (χ0v) is 7.09. The van der Waals surface area contributed by atoms with Crippen molar-refractivity contribution in [1.82, 2.24) is 10.6 Å². The lowest BCUT2D eigenvalue weighted by Crippen LogP contribution is -2.54. The van der Waals surface area contributed by atoms with E-state index in [1.165, 1.54) is 5.56 Å². The van der Waals surface area contributed by atoms with Gasteiger partial charge in [-0.05, 0) is 5.56 Å². The van der Waals surface area contributed by atoms with Crippen molar-refractivity contribution in [2.24, 2.45) is 0 Å². The molecule has 64 valence electrons. The molecule has 1 aromatic rings. The van der Waals surface area contributed by atoms with Crippen LogP contribution in [0.3, 0.4) is 0 Å². The van der Waals surface area contributed by atoms with Crippen LogP contribution in [0.1, 0.15) is 5.56 Å². The van der Waals surface area contributed by atoms with Crippen LogP contribution in [0, 0.1) is 0 Å². The summed E-state index contributed by atoms with van der Waals surface area (Å²) in [5.74, 6) is 0. The molecule has 1 aromatic carbocycles. The number of hydrogen-bond acceptors (Lipinski definition) is 2. The van der Waals surface area contributed by atoms with E-state index < -0.39 is 0 Å². The predicted molar refractivity (Wildman–Crippen MR) is 49.9 cm³/mol. The second-order valence-corrected chi connectivity index (χ2v) is 3.22. The number of benzene rings is 1. The standard InChI is InChI=1S/C10H14N2/c1-2-4-9(5-3-1)6-12-10-7-11-8-10/h1-5,10-12H,6-8H2. The van der Waals surface area contributed by atoms with Gasteiger partial charge >= 0.3 is 0 Å². The van der Waals surface area contributed by atoms with Crippen molar-refractivity contribution in [2.75, 3.05) is 13.1 Å². The Morgan fingerprint density at radius 3 is 2.58 bits per heavy atom. The number of hydrogen-bond donors (Lipinski definition) is 2. The molecule has 0 aromatic heterocycles. The Labute approximate surface area is 73.0 Å². The van der Waals surface area contributed by atoms with Gasteiger partial charge in [0, 0.05) is 25.7 Å². The average molecular weight is 162 g/mol. The van der Waals surface area contributed by atoms with Crippen LogP contribution in [0.25, 0.3) is 0 Å². The van der Waals surface area contributed by atoms with Crippen molar-refractivity contribution in [2.45, 2.75) is 12.6 Å². The number of nitrogens with one attached hydrogen (secondary N) is 2. The highest BCUT2D eigenvalue weighted by molar-refractivity contribution is 5.14. The summed E-state index contributed by atoms with van der Waals surface area (Å²) in [4.78, 5) is 0. The predicted octanol–water partition coefficient (Wildman–Crippen LogP) is 0.748. The van der Waals surface area contributed by atoms with Crippen LogP contribution in [-0.2, 0) is 6.54 Å². The molecule has 1 heterocycles. The van der Waals surface area contributed by atoms with E-state index in [0.29, 0.717) is 6.04 Å². The maximum atomic E-state index is 3.47. The first-order valence-electron chi connectivity index (χ1n) is 4.43. The van der Waals surface area contributed by atoms with E-state index >= 15 is 0 Å². The van der Waals surface area contributed by atoms with E-state index in [1.807, 2.05) is 0 Å². The van der Waals surface area contributed by atoms with Gasteiger partial charge in [0.15, 0.2) is 0 Å². The van der Waals surface area contributed by atoms with Crippen LogP contribution in [-0.4, -0.2) is 19.1 Å². The van der Waals surface area contributed by atoms with Crippen molar-refractivity contribution < 1.29 is 0 Å². The minimum Gasteiger partial charge on any atom is -0.314 e. The van der Waals surface area contributed by atoms with Crippen molar-refractivity contribution in [3.63, 3.8) is 0 Å². The molecule has 1 fully saturated rings. The maximum absolute atomic E-state index is 3.47. The summed E-state index contributed by atoms with van der Waals surface area (Å²) in [6.07, 6.45) is 0. The van der Waals surface area contributed by atoms with Crippen molar-refractivity contribution in [1.29, 1.82) is 0 Å². The van der Waals surface area contributed by atoms with Gasteiger partial charge in [-0.1, -0.05) is 30.3 Å². The first-order valence-corrected chi connectivity index (χ1v) is 4.43. The van der Waals surface area contributed by atoms with Crippen LogP contribution in [0.5, 0.6) is 0 Å². The Hall–Kier alpha value is -0.860.